The van der Waals surface area contributed by atoms with E-state index < -0.39 is 65.3 Å². The fraction of sp³-hybridized carbons (Fsp3) is 0.571. The van der Waals surface area contributed by atoms with Crippen LogP contribution in [0.25, 0.3) is 0 Å². The summed E-state index contributed by atoms with van der Waals surface area (Å²) in [6.45, 7) is 3.11. The largest absolute Gasteiger partial charge is 0.465 e. The molecule has 4 rings (SSSR count). The zero-order valence-electron chi connectivity index (χ0n) is 29.4. The Morgan fingerprint density at radius 2 is 1.77 bits per heavy atom. The molecule has 280 valence electrons. The number of amides is 5. The van der Waals surface area contributed by atoms with Crippen LogP contribution in [0.3, 0.4) is 0 Å². The number of primary amides is 1. The van der Waals surface area contributed by atoms with Crippen molar-refractivity contribution in [1.29, 1.82) is 5.26 Å². The first kappa shape index (κ1) is 39.4. The molecule has 1 aromatic carbocycles. The highest BCUT2D eigenvalue weighted by Gasteiger charge is 2.45. The fourth-order valence-electron chi connectivity index (χ4n) is 7.00. The minimum Gasteiger partial charge on any atom is -0.465 e. The molecule has 7 N–H and O–H groups in total. The summed E-state index contributed by atoms with van der Waals surface area (Å²) in [5.41, 5.74) is 4.50. The lowest BCUT2D eigenvalue weighted by atomic mass is 9.84. The third kappa shape index (κ3) is 10.1. The van der Waals surface area contributed by atoms with E-state index in [1.54, 1.807) is 26.0 Å². The number of ketones is 1. The number of aromatic nitrogens is 3. The van der Waals surface area contributed by atoms with Crippen LogP contribution >= 0.6 is 0 Å². The molecule has 17 nitrogen and oxygen atoms in total. The van der Waals surface area contributed by atoms with Gasteiger partial charge in [-0.15, -0.1) is 5.10 Å². The molecule has 0 spiro atoms. The summed E-state index contributed by atoms with van der Waals surface area (Å²) in [5, 5.41) is 45.0. The van der Waals surface area contributed by atoms with Crippen LogP contribution in [0.1, 0.15) is 106 Å². The van der Waals surface area contributed by atoms with Crippen LogP contribution < -0.4 is 21.7 Å². The third-order valence-electron chi connectivity index (χ3n) is 9.67. The molecule has 52 heavy (non-hydrogen) atoms. The second kappa shape index (κ2) is 17.7. The van der Waals surface area contributed by atoms with Crippen molar-refractivity contribution in [2.24, 2.45) is 11.7 Å². The summed E-state index contributed by atoms with van der Waals surface area (Å²) in [7, 11) is 0. The number of hydrogen-bond acceptors (Lipinski definition) is 10. The van der Waals surface area contributed by atoms with E-state index in [9.17, 15) is 39.1 Å². The van der Waals surface area contributed by atoms with Crippen LogP contribution in [-0.4, -0.2) is 96.8 Å². The molecule has 1 saturated heterocycles. The first-order valence-corrected chi connectivity index (χ1v) is 17.6. The smallest absolute Gasteiger partial charge is 0.404 e. The Bertz CT molecular complexity index is 1670. The molecular formula is C35H47N9O8. The first-order valence-electron chi connectivity index (χ1n) is 17.6. The number of carbonyl (C=O) groups is 6. The number of aliphatic hydroxyl groups is 1. The molecule has 2 unspecified atom stereocenters. The Morgan fingerprint density at radius 1 is 1.06 bits per heavy atom. The van der Waals surface area contributed by atoms with Crippen LogP contribution in [0.4, 0.5) is 4.79 Å². The standard InChI is InChI=1S/C35H47N9O8/c1-35(2,52)28-19-39-42-44(28)23-17-27(32(48)40-25(29(45)30(37)46)14-8-9-15-38-34(50)51)43(20-23)33(49)26(16-21-10-4-3-5-11-21)41-31(47)24-13-7-6-12-22(24)18-36/h6-7,12-13,19,21,23,25-27,38,52H,3-5,8-11,14-17,20H2,1-2H3,(H2,37,46)(H,40,48)(H,41,47)(H,50,51)/t23-,25?,26?,27-/m0/s1. The summed E-state index contributed by atoms with van der Waals surface area (Å²) in [6, 6.07) is 3.97. The zero-order valence-corrected chi connectivity index (χ0v) is 29.4. The van der Waals surface area contributed by atoms with Gasteiger partial charge < -0.3 is 36.8 Å². The summed E-state index contributed by atoms with van der Waals surface area (Å²) in [5.74, 6) is -4.12. The predicted molar refractivity (Wildman–Crippen MR) is 184 cm³/mol. The van der Waals surface area contributed by atoms with Gasteiger partial charge in [-0.2, -0.15) is 5.26 Å². The van der Waals surface area contributed by atoms with Crippen molar-refractivity contribution in [3.8, 4) is 6.07 Å². The highest BCUT2D eigenvalue weighted by Crippen LogP contribution is 2.33. The van der Waals surface area contributed by atoms with Crippen molar-refractivity contribution in [1.82, 2.24) is 35.8 Å². The number of nitriles is 1. The number of unbranched alkanes of at least 4 members (excludes halogenated alkanes) is 1. The fourth-order valence-corrected chi connectivity index (χ4v) is 7.00. The highest BCUT2D eigenvalue weighted by molar-refractivity contribution is 6.37. The molecule has 2 fully saturated rings. The number of carbonyl (C=O) groups excluding carboxylic acids is 5. The van der Waals surface area contributed by atoms with Crippen molar-refractivity contribution >= 4 is 35.5 Å². The summed E-state index contributed by atoms with van der Waals surface area (Å²) >= 11 is 0. The molecular weight excluding hydrogens is 674 g/mol. The molecule has 1 aromatic heterocycles. The number of nitrogens with two attached hydrogens (primary N) is 1. The van der Waals surface area contributed by atoms with Gasteiger partial charge >= 0.3 is 6.09 Å². The number of nitrogens with one attached hydrogen (secondary N) is 3. The van der Waals surface area contributed by atoms with Gasteiger partial charge in [0.15, 0.2) is 0 Å². The second-order valence-corrected chi connectivity index (χ2v) is 14.0. The first-order chi connectivity index (χ1) is 24.7. The summed E-state index contributed by atoms with van der Waals surface area (Å²) in [4.78, 5) is 79.2. The van der Waals surface area contributed by atoms with E-state index >= 15 is 0 Å². The Kier molecular flexibility index (Phi) is 13.4. The Hall–Kier alpha value is -5.37. The lowest BCUT2D eigenvalue weighted by molar-refractivity contribution is -0.142. The van der Waals surface area contributed by atoms with Gasteiger partial charge in [0.25, 0.3) is 11.8 Å². The molecule has 2 heterocycles. The number of Topliss-reactive ketones (excluding diaryl/α,β-unsaturated/α-hetero) is 1. The zero-order chi connectivity index (χ0) is 38.0. The number of hydrogen-bond donors (Lipinski definition) is 6. The van der Waals surface area contributed by atoms with E-state index in [-0.39, 0.29) is 49.4 Å². The molecule has 5 amide bonds. The molecule has 17 heteroatoms. The second-order valence-electron chi connectivity index (χ2n) is 14.0. The van der Waals surface area contributed by atoms with Crippen molar-refractivity contribution in [3.05, 3.63) is 47.3 Å². The lowest BCUT2D eigenvalue weighted by Crippen LogP contribution is -2.56. The lowest BCUT2D eigenvalue weighted by Gasteiger charge is -2.32. The maximum Gasteiger partial charge on any atom is 0.404 e. The van der Waals surface area contributed by atoms with Crippen molar-refractivity contribution < 1.29 is 39.0 Å². The van der Waals surface area contributed by atoms with E-state index in [1.165, 1.54) is 27.9 Å². The van der Waals surface area contributed by atoms with Crippen molar-refractivity contribution in [3.63, 3.8) is 0 Å². The maximum atomic E-state index is 14.7. The number of benzene rings is 1. The third-order valence-corrected chi connectivity index (χ3v) is 9.67. The van der Waals surface area contributed by atoms with Gasteiger partial charge in [0.05, 0.1) is 41.2 Å². The SMILES string of the molecule is CC(C)(O)c1cnnn1[C@H]1C[C@@H](C(=O)NC(CCCCNC(=O)O)C(=O)C(N)=O)N(C(=O)C(CC2CCCCC2)NC(=O)c2ccccc2C#N)C1. The van der Waals surface area contributed by atoms with Crippen LogP contribution in [-0.2, 0) is 24.8 Å². The molecule has 4 atom stereocenters. The van der Waals surface area contributed by atoms with Gasteiger partial charge in [0.2, 0.25) is 17.6 Å². The maximum absolute atomic E-state index is 14.7. The molecule has 0 radical (unpaired) electrons. The minimum atomic E-state index is -1.38. The average Bonchev–Trinajstić information content (AvgIpc) is 3.79. The van der Waals surface area contributed by atoms with Gasteiger partial charge in [-0.3, -0.25) is 24.0 Å². The van der Waals surface area contributed by atoms with Gasteiger partial charge in [0, 0.05) is 19.5 Å². The minimum absolute atomic E-state index is 0.00854. The van der Waals surface area contributed by atoms with Gasteiger partial charge in [-0.25, -0.2) is 9.48 Å². The van der Waals surface area contributed by atoms with Crippen LogP contribution in [0.15, 0.2) is 30.5 Å². The number of carboxylic acid groups (broad SMARTS) is 1. The molecule has 2 aliphatic rings. The van der Waals surface area contributed by atoms with Crippen LogP contribution in [0.2, 0.25) is 0 Å². The normalized spacial score (nSPS) is 18.8. The number of nitrogens with zero attached hydrogens (tertiary/aromatic N) is 5. The van der Waals surface area contributed by atoms with Crippen molar-refractivity contribution in [2.45, 2.75) is 108 Å². The van der Waals surface area contributed by atoms with E-state index in [0.717, 1.165) is 32.1 Å². The molecule has 1 aliphatic carbocycles. The monoisotopic (exact) mass is 721 g/mol. The van der Waals surface area contributed by atoms with Crippen LogP contribution in [0, 0.1) is 17.2 Å². The Balaban J connectivity index is 1.66. The van der Waals surface area contributed by atoms with Gasteiger partial charge in [-0.05, 0) is 57.6 Å². The quantitative estimate of drug-likeness (QED) is 0.106. The van der Waals surface area contributed by atoms with Gasteiger partial charge in [-0.1, -0.05) is 49.5 Å². The number of likely N-dealkylation sites (tertiary alicyclic amines) is 1. The summed E-state index contributed by atoms with van der Waals surface area (Å²) < 4.78 is 1.45. The molecule has 2 aromatic rings. The van der Waals surface area contributed by atoms with Gasteiger partial charge in [0.1, 0.15) is 17.7 Å². The van der Waals surface area contributed by atoms with Crippen molar-refractivity contribution in [2.75, 3.05) is 13.1 Å². The molecule has 0 bridgehead atoms. The van der Waals surface area contributed by atoms with E-state index in [2.05, 4.69) is 26.3 Å². The van der Waals surface area contributed by atoms with E-state index in [1.807, 2.05) is 6.07 Å². The Morgan fingerprint density at radius 3 is 2.42 bits per heavy atom. The Labute approximate surface area is 301 Å². The highest BCUT2D eigenvalue weighted by atomic mass is 16.4. The van der Waals surface area contributed by atoms with Crippen LogP contribution in [0.5, 0.6) is 0 Å². The number of rotatable bonds is 16. The average molecular weight is 722 g/mol. The predicted octanol–water partition coefficient (Wildman–Crippen LogP) is 1.27. The summed E-state index contributed by atoms with van der Waals surface area (Å²) in [6.07, 6.45) is 5.72. The van der Waals surface area contributed by atoms with E-state index in [0.29, 0.717) is 18.5 Å². The topological polar surface area (TPSA) is 263 Å². The molecule has 1 saturated carbocycles. The van der Waals surface area contributed by atoms with E-state index in [4.69, 9.17) is 10.8 Å². The molecule has 1 aliphatic heterocycles.